The number of carbonyl (C=O) groups is 2. The molecule has 4 rings (SSSR count). The van der Waals surface area contributed by atoms with Crippen LogP contribution in [0.1, 0.15) is 11.1 Å². The number of imide groups is 1. The summed E-state index contributed by atoms with van der Waals surface area (Å²) < 4.78 is 32.8. The highest BCUT2D eigenvalue weighted by atomic mass is 32.2. The normalized spacial score (nSPS) is 14.3. The highest BCUT2D eigenvalue weighted by molar-refractivity contribution is 7.90. The molecule has 1 aliphatic rings. The molecule has 2 amide bonds. The van der Waals surface area contributed by atoms with Gasteiger partial charge in [-0.3, -0.25) is 14.9 Å². The van der Waals surface area contributed by atoms with E-state index in [1.807, 2.05) is 6.92 Å². The fourth-order valence-electron chi connectivity index (χ4n) is 3.16. The molecule has 1 N–H and O–H groups in total. The number of fused-ring (bicyclic) bond motifs is 1. The molecule has 1 aromatic heterocycles. The second-order valence-electron chi connectivity index (χ2n) is 6.42. The van der Waals surface area contributed by atoms with Gasteiger partial charge in [-0.1, -0.05) is 17.7 Å². The van der Waals surface area contributed by atoms with E-state index in [9.17, 15) is 18.0 Å². The van der Waals surface area contributed by atoms with Gasteiger partial charge in [-0.2, -0.15) is 0 Å². The Kier molecular flexibility index (Phi) is 4.08. The Morgan fingerprint density at radius 3 is 2.36 bits per heavy atom. The Morgan fingerprint density at radius 1 is 1.04 bits per heavy atom. The van der Waals surface area contributed by atoms with Crippen LogP contribution >= 0.6 is 0 Å². The van der Waals surface area contributed by atoms with Crippen LogP contribution in [0.2, 0.25) is 0 Å². The fraction of sp³-hybridized carbons (Fsp3) is 0.100. The van der Waals surface area contributed by atoms with Gasteiger partial charge in [-0.05, 0) is 37.3 Å². The smallest absolute Gasteiger partial charge is 0.268 e. The third-order valence-electron chi connectivity index (χ3n) is 4.60. The average molecular weight is 396 g/mol. The molecule has 3 aromatic rings. The molecule has 2 aromatic carbocycles. The molecule has 0 fully saturated rings. The number of amides is 2. The number of hydrogen-bond acceptors (Lipinski definition) is 5. The van der Waals surface area contributed by atoms with E-state index in [1.165, 1.54) is 31.5 Å². The lowest BCUT2D eigenvalue weighted by atomic mass is 10.1. The summed E-state index contributed by atoms with van der Waals surface area (Å²) >= 11 is 0. The van der Waals surface area contributed by atoms with E-state index < -0.39 is 21.8 Å². The lowest BCUT2D eigenvalue weighted by molar-refractivity contribution is -0.123. The van der Waals surface area contributed by atoms with Crippen molar-refractivity contribution in [2.45, 2.75) is 11.8 Å². The van der Waals surface area contributed by atoms with Gasteiger partial charge in [-0.15, -0.1) is 0 Å². The maximum atomic E-state index is 13.2. The molecule has 0 bridgehead atoms. The van der Waals surface area contributed by atoms with E-state index in [-0.39, 0.29) is 10.5 Å². The molecule has 0 atom stereocenters. The third-order valence-corrected chi connectivity index (χ3v) is 6.29. The van der Waals surface area contributed by atoms with Crippen LogP contribution in [0.15, 0.2) is 59.6 Å². The third kappa shape index (κ3) is 2.78. The molecule has 0 radical (unpaired) electrons. The first kappa shape index (κ1) is 18.0. The molecule has 0 aliphatic carbocycles. The highest BCUT2D eigenvalue weighted by Gasteiger charge is 2.28. The van der Waals surface area contributed by atoms with Crippen LogP contribution in [0.5, 0.6) is 5.75 Å². The summed E-state index contributed by atoms with van der Waals surface area (Å²) in [7, 11) is -2.42. The summed E-state index contributed by atoms with van der Waals surface area (Å²) in [5.74, 6) is -0.602. The summed E-state index contributed by atoms with van der Waals surface area (Å²) in [4.78, 5) is 23.9. The van der Waals surface area contributed by atoms with E-state index in [2.05, 4.69) is 5.32 Å². The summed E-state index contributed by atoms with van der Waals surface area (Å²) in [6.45, 7) is 1.87. The molecule has 28 heavy (non-hydrogen) atoms. The van der Waals surface area contributed by atoms with Crippen molar-refractivity contribution in [1.29, 1.82) is 0 Å². The number of nitrogens with one attached hydrogen (secondary N) is 1. The van der Waals surface area contributed by atoms with Crippen molar-refractivity contribution in [2.75, 3.05) is 7.11 Å². The van der Waals surface area contributed by atoms with E-state index in [0.717, 1.165) is 9.54 Å². The quantitative estimate of drug-likeness (QED) is 0.683. The molecule has 0 spiro atoms. The lowest BCUT2D eigenvalue weighted by Gasteiger charge is -2.08. The van der Waals surface area contributed by atoms with Gasteiger partial charge in [0, 0.05) is 23.2 Å². The molecule has 7 nitrogen and oxygen atoms in total. The monoisotopic (exact) mass is 396 g/mol. The number of ether oxygens (including phenoxy) is 1. The van der Waals surface area contributed by atoms with Crippen LogP contribution < -0.4 is 10.1 Å². The standard InChI is InChI=1S/C20H16N2O5S/c1-12-3-6-14(7-4-12)28(25,26)22-11-17(16-10-19(23)21-20(16)24)15-9-13(27-2)5-8-18(15)22/h3-11H,1-2H3,(H,21,23,24). The second-order valence-corrected chi connectivity index (χ2v) is 8.23. The largest absolute Gasteiger partial charge is 0.497 e. The summed E-state index contributed by atoms with van der Waals surface area (Å²) in [6, 6.07) is 11.4. The minimum absolute atomic E-state index is 0.112. The molecule has 0 saturated carbocycles. The molecule has 0 saturated heterocycles. The number of carbonyl (C=O) groups excluding carboxylic acids is 2. The van der Waals surface area contributed by atoms with Crippen LogP contribution in [0.4, 0.5) is 0 Å². The predicted octanol–water partition coefficient (Wildman–Crippen LogP) is 2.24. The van der Waals surface area contributed by atoms with Crippen molar-refractivity contribution < 1.29 is 22.7 Å². The average Bonchev–Trinajstić information content (AvgIpc) is 3.21. The van der Waals surface area contributed by atoms with Gasteiger partial charge in [0.05, 0.1) is 23.1 Å². The van der Waals surface area contributed by atoms with E-state index >= 15 is 0 Å². The Labute approximate surface area is 161 Å². The minimum atomic E-state index is -3.91. The van der Waals surface area contributed by atoms with Crippen LogP contribution in [0.3, 0.4) is 0 Å². The summed E-state index contributed by atoms with van der Waals surface area (Å²) in [5.41, 5.74) is 1.77. The molecule has 2 heterocycles. The van der Waals surface area contributed by atoms with Gasteiger partial charge in [-0.25, -0.2) is 12.4 Å². The Morgan fingerprint density at radius 2 is 1.75 bits per heavy atom. The van der Waals surface area contributed by atoms with Gasteiger partial charge in [0.2, 0.25) is 0 Å². The van der Waals surface area contributed by atoms with Crippen molar-refractivity contribution in [3.05, 3.63) is 65.9 Å². The van der Waals surface area contributed by atoms with Crippen LogP contribution in [0, 0.1) is 6.92 Å². The zero-order valence-corrected chi connectivity index (χ0v) is 15.9. The first-order chi connectivity index (χ1) is 13.3. The van der Waals surface area contributed by atoms with Gasteiger partial charge in [0.15, 0.2) is 0 Å². The summed E-state index contributed by atoms with van der Waals surface area (Å²) in [5, 5.41) is 2.68. The lowest BCUT2D eigenvalue weighted by Crippen LogP contribution is -2.21. The van der Waals surface area contributed by atoms with Gasteiger partial charge in [0.1, 0.15) is 5.75 Å². The molecule has 142 valence electrons. The van der Waals surface area contributed by atoms with Crippen molar-refractivity contribution in [3.8, 4) is 5.75 Å². The first-order valence-electron chi connectivity index (χ1n) is 8.40. The molecular weight excluding hydrogens is 380 g/mol. The Hall–Kier alpha value is -3.39. The van der Waals surface area contributed by atoms with E-state index in [4.69, 9.17) is 4.74 Å². The zero-order chi connectivity index (χ0) is 20.1. The predicted molar refractivity (Wildman–Crippen MR) is 103 cm³/mol. The number of aromatic nitrogens is 1. The molecule has 1 aliphatic heterocycles. The van der Waals surface area contributed by atoms with Crippen molar-refractivity contribution in [3.63, 3.8) is 0 Å². The van der Waals surface area contributed by atoms with Gasteiger partial charge < -0.3 is 4.74 Å². The Bertz CT molecular complexity index is 1270. The van der Waals surface area contributed by atoms with Crippen molar-refractivity contribution in [2.24, 2.45) is 0 Å². The maximum absolute atomic E-state index is 13.2. The van der Waals surface area contributed by atoms with Crippen LogP contribution in [0.25, 0.3) is 16.5 Å². The highest BCUT2D eigenvalue weighted by Crippen LogP contribution is 2.34. The molecule has 0 unspecified atom stereocenters. The van der Waals surface area contributed by atoms with Crippen LogP contribution in [-0.2, 0) is 19.6 Å². The van der Waals surface area contributed by atoms with E-state index in [1.54, 1.807) is 30.3 Å². The number of aryl methyl sites for hydroxylation is 1. The zero-order valence-electron chi connectivity index (χ0n) is 15.1. The first-order valence-corrected chi connectivity index (χ1v) is 9.84. The SMILES string of the molecule is COc1ccc2c(c1)c(C1=CC(=O)NC1=O)cn2S(=O)(=O)c1ccc(C)cc1. The molecular formula is C20H16N2O5S. The minimum Gasteiger partial charge on any atom is -0.497 e. The van der Waals surface area contributed by atoms with E-state index in [0.29, 0.717) is 22.2 Å². The number of hydrogen-bond donors (Lipinski definition) is 1. The van der Waals surface area contributed by atoms with Crippen molar-refractivity contribution >= 4 is 38.3 Å². The number of methoxy groups -OCH3 is 1. The molecule has 8 heteroatoms. The maximum Gasteiger partial charge on any atom is 0.268 e. The van der Waals surface area contributed by atoms with Gasteiger partial charge >= 0.3 is 0 Å². The number of benzene rings is 2. The van der Waals surface area contributed by atoms with Crippen molar-refractivity contribution in [1.82, 2.24) is 9.29 Å². The fourth-order valence-corrected chi connectivity index (χ4v) is 4.53. The number of rotatable bonds is 4. The number of nitrogens with zero attached hydrogens (tertiary/aromatic N) is 1. The second kappa shape index (κ2) is 6.35. The van der Waals surface area contributed by atoms with Gasteiger partial charge in [0.25, 0.3) is 21.8 Å². The Balaban J connectivity index is 2.00. The van der Waals surface area contributed by atoms with Crippen LogP contribution in [-0.4, -0.2) is 31.3 Å². The topological polar surface area (TPSA) is 94.5 Å². The summed E-state index contributed by atoms with van der Waals surface area (Å²) in [6.07, 6.45) is 2.53.